The van der Waals surface area contributed by atoms with Crippen molar-refractivity contribution in [2.24, 2.45) is 0 Å². The number of hydrogen-bond donors (Lipinski definition) is 0. The van der Waals surface area contributed by atoms with Gasteiger partial charge in [-0.1, -0.05) is 17.7 Å². The summed E-state index contributed by atoms with van der Waals surface area (Å²) in [5.41, 5.74) is 0.638. The lowest BCUT2D eigenvalue weighted by atomic mass is 10.2. The van der Waals surface area contributed by atoms with Crippen LogP contribution in [0, 0.1) is 10.1 Å². The van der Waals surface area contributed by atoms with Crippen LogP contribution in [0.3, 0.4) is 0 Å². The number of rotatable bonds is 4. The highest BCUT2D eigenvalue weighted by atomic mass is 35.5. The number of carbonyl (C=O) groups excluding carboxylic acids is 1. The quantitative estimate of drug-likeness (QED) is 0.491. The first kappa shape index (κ1) is 14.0. The maximum atomic E-state index is 11.8. The fourth-order valence-corrected chi connectivity index (χ4v) is 1.75. The number of halogens is 1. The number of carbonyl (C=O) groups is 1. The maximum Gasteiger partial charge on any atom is 0.339 e. The number of nitro groups is 1. The van der Waals surface area contributed by atoms with Crippen LogP contribution in [0.4, 0.5) is 5.69 Å². The molecule has 0 aliphatic carbocycles. The van der Waals surface area contributed by atoms with Gasteiger partial charge in [0.1, 0.15) is 6.61 Å². The van der Waals surface area contributed by atoms with Crippen molar-refractivity contribution in [2.75, 3.05) is 0 Å². The summed E-state index contributed by atoms with van der Waals surface area (Å²) in [5, 5.41) is 10.6. The SMILES string of the molecule is O=C(OCc1cccnc1)c1ccc([N+](=O)[O-])cc1Cl. The second-order valence-electron chi connectivity index (χ2n) is 3.86. The molecule has 6 nitrogen and oxygen atoms in total. The van der Waals surface area contributed by atoms with Crippen LogP contribution >= 0.6 is 11.6 Å². The van der Waals surface area contributed by atoms with Crippen molar-refractivity contribution >= 4 is 23.3 Å². The molecule has 0 spiro atoms. The van der Waals surface area contributed by atoms with Gasteiger partial charge in [-0.05, 0) is 12.1 Å². The van der Waals surface area contributed by atoms with Crippen molar-refractivity contribution in [1.82, 2.24) is 4.98 Å². The molecule has 102 valence electrons. The summed E-state index contributed by atoms with van der Waals surface area (Å²) in [5.74, 6) is -0.645. The van der Waals surface area contributed by atoms with Gasteiger partial charge in [-0.3, -0.25) is 15.1 Å². The number of pyridine rings is 1. The van der Waals surface area contributed by atoms with Crippen molar-refractivity contribution < 1.29 is 14.5 Å². The molecule has 0 atom stereocenters. The van der Waals surface area contributed by atoms with Gasteiger partial charge in [-0.15, -0.1) is 0 Å². The Kier molecular flexibility index (Phi) is 4.27. The average Bonchev–Trinajstić information content (AvgIpc) is 2.45. The Labute approximate surface area is 119 Å². The smallest absolute Gasteiger partial charge is 0.339 e. The topological polar surface area (TPSA) is 82.3 Å². The lowest BCUT2D eigenvalue weighted by molar-refractivity contribution is -0.384. The molecule has 0 N–H and O–H groups in total. The predicted octanol–water partition coefficient (Wildman–Crippen LogP) is 3.00. The zero-order valence-corrected chi connectivity index (χ0v) is 10.9. The lowest BCUT2D eigenvalue weighted by Gasteiger charge is -2.06. The Hall–Kier alpha value is -2.47. The number of nitro benzene ring substituents is 1. The number of ether oxygens (including phenoxy) is 1. The van der Waals surface area contributed by atoms with Crippen LogP contribution in [0.25, 0.3) is 0 Å². The van der Waals surface area contributed by atoms with E-state index in [9.17, 15) is 14.9 Å². The molecule has 0 bridgehead atoms. The minimum Gasteiger partial charge on any atom is -0.457 e. The van der Waals surface area contributed by atoms with Crippen LogP contribution in [-0.2, 0) is 11.3 Å². The number of hydrogen-bond acceptors (Lipinski definition) is 5. The Morgan fingerprint density at radius 3 is 2.80 bits per heavy atom. The molecule has 1 aromatic heterocycles. The Morgan fingerprint density at radius 2 is 2.20 bits per heavy atom. The summed E-state index contributed by atoms with van der Waals surface area (Å²) in [4.78, 5) is 25.7. The molecule has 0 fully saturated rings. The monoisotopic (exact) mass is 292 g/mol. The van der Waals surface area contributed by atoms with Crippen molar-refractivity contribution in [3.63, 3.8) is 0 Å². The zero-order valence-electron chi connectivity index (χ0n) is 10.2. The molecule has 1 aromatic carbocycles. The van der Waals surface area contributed by atoms with E-state index < -0.39 is 10.9 Å². The van der Waals surface area contributed by atoms with E-state index >= 15 is 0 Å². The van der Waals surface area contributed by atoms with Gasteiger partial charge in [0.2, 0.25) is 0 Å². The second kappa shape index (κ2) is 6.12. The Balaban J connectivity index is 2.08. The van der Waals surface area contributed by atoms with E-state index in [4.69, 9.17) is 16.3 Å². The summed E-state index contributed by atoms with van der Waals surface area (Å²) in [6, 6.07) is 7.07. The average molecular weight is 293 g/mol. The standard InChI is InChI=1S/C13H9ClN2O4/c14-12-6-10(16(18)19)3-4-11(12)13(17)20-8-9-2-1-5-15-7-9/h1-7H,8H2. The zero-order chi connectivity index (χ0) is 14.5. The molecule has 0 radical (unpaired) electrons. The molecule has 2 rings (SSSR count). The molecule has 0 aliphatic heterocycles. The van der Waals surface area contributed by atoms with Crippen LogP contribution < -0.4 is 0 Å². The highest BCUT2D eigenvalue weighted by Gasteiger charge is 2.16. The van der Waals surface area contributed by atoms with Gasteiger partial charge in [0.15, 0.2) is 0 Å². The molecular formula is C13H9ClN2O4. The Morgan fingerprint density at radius 1 is 1.40 bits per heavy atom. The molecular weight excluding hydrogens is 284 g/mol. The van der Waals surface area contributed by atoms with Crippen molar-refractivity contribution in [1.29, 1.82) is 0 Å². The maximum absolute atomic E-state index is 11.8. The molecule has 0 saturated carbocycles. The van der Waals surface area contributed by atoms with Crippen LogP contribution in [0.2, 0.25) is 5.02 Å². The van der Waals surface area contributed by atoms with Gasteiger partial charge in [0.25, 0.3) is 5.69 Å². The third-order valence-corrected chi connectivity index (χ3v) is 2.79. The third kappa shape index (κ3) is 3.30. The molecule has 20 heavy (non-hydrogen) atoms. The van der Waals surface area contributed by atoms with E-state index in [-0.39, 0.29) is 22.9 Å². The summed E-state index contributed by atoms with van der Waals surface area (Å²) in [7, 11) is 0. The van der Waals surface area contributed by atoms with Crippen LogP contribution in [-0.4, -0.2) is 15.9 Å². The highest BCUT2D eigenvalue weighted by molar-refractivity contribution is 6.33. The van der Waals surface area contributed by atoms with Gasteiger partial charge >= 0.3 is 5.97 Å². The molecule has 0 unspecified atom stereocenters. The molecule has 7 heteroatoms. The minimum atomic E-state index is -0.645. The number of aromatic nitrogens is 1. The number of non-ortho nitro benzene ring substituents is 1. The lowest BCUT2D eigenvalue weighted by Crippen LogP contribution is -2.06. The molecule has 0 amide bonds. The van der Waals surface area contributed by atoms with E-state index in [1.807, 2.05) is 0 Å². The number of esters is 1. The van der Waals surface area contributed by atoms with E-state index in [1.54, 1.807) is 24.5 Å². The van der Waals surface area contributed by atoms with E-state index in [0.29, 0.717) is 0 Å². The first-order valence-corrected chi connectivity index (χ1v) is 5.95. The molecule has 1 heterocycles. The third-order valence-electron chi connectivity index (χ3n) is 2.48. The minimum absolute atomic E-state index is 0.0182. The molecule has 2 aromatic rings. The predicted molar refractivity (Wildman–Crippen MR) is 71.5 cm³/mol. The van der Waals surface area contributed by atoms with Crippen LogP contribution in [0.1, 0.15) is 15.9 Å². The normalized spacial score (nSPS) is 10.1. The van der Waals surface area contributed by atoms with Gasteiger partial charge in [-0.2, -0.15) is 0 Å². The van der Waals surface area contributed by atoms with Gasteiger partial charge < -0.3 is 4.74 Å². The van der Waals surface area contributed by atoms with E-state index in [2.05, 4.69) is 4.98 Å². The van der Waals surface area contributed by atoms with Crippen LogP contribution in [0.5, 0.6) is 0 Å². The largest absolute Gasteiger partial charge is 0.457 e. The Bertz CT molecular complexity index is 646. The van der Waals surface area contributed by atoms with Crippen molar-refractivity contribution in [3.05, 3.63) is 69.0 Å². The van der Waals surface area contributed by atoms with E-state index in [0.717, 1.165) is 11.6 Å². The van der Waals surface area contributed by atoms with Crippen LogP contribution in [0.15, 0.2) is 42.7 Å². The van der Waals surface area contributed by atoms with Crippen molar-refractivity contribution in [3.8, 4) is 0 Å². The summed E-state index contributed by atoms with van der Waals surface area (Å²) in [6.07, 6.45) is 3.18. The number of nitrogens with zero attached hydrogens (tertiary/aromatic N) is 2. The highest BCUT2D eigenvalue weighted by Crippen LogP contribution is 2.23. The van der Waals surface area contributed by atoms with E-state index in [1.165, 1.54) is 12.1 Å². The first-order chi connectivity index (χ1) is 9.58. The van der Waals surface area contributed by atoms with Gasteiger partial charge in [0.05, 0.1) is 15.5 Å². The van der Waals surface area contributed by atoms with Gasteiger partial charge in [-0.25, -0.2) is 4.79 Å². The fraction of sp³-hybridized carbons (Fsp3) is 0.0769. The summed E-state index contributed by atoms with van der Waals surface area (Å²) < 4.78 is 5.06. The molecule has 0 aliphatic rings. The summed E-state index contributed by atoms with van der Waals surface area (Å²) in [6.45, 7) is 0.0555. The summed E-state index contributed by atoms with van der Waals surface area (Å²) >= 11 is 5.83. The second-order valence-corrected chi connectivity index (χ2v) is 4.27. The van der Waals surface area contributed by atoms with Crippen molar-refractivity contribution in [2.45, 2.75) is 6.61 Å². The molecule has 0 saturated heterocycles. The van der Waals surface area contributed by atoms with Gasteiger partial charge in [0, 0.05) is 30.1 Å². The fourth-order valence-electron chi connectivity index (χ4n) is 1.49. The first-order valence-electron chi connectivity index (χ1n) is 5.58. The number of benzene rings is 1.